The standard InChI is InChI=1S/C30H33N2/c1-7-32-25-20-19-21-13-8-9-14-22(21)28(25)30(4,5)27(32)18-12-17-26-29(2,3)23-15-10-11-16-24(23)31(26)6/h8-20H,7H2,1-6H3/q+1. The van der Waals surface area contributed by atoms with Crippen molar-refractivity contribution in [3.8, 4) is 0 Å². The van der Waals surface area contributed by atoms with E-state index in [2.05, 4.69) is 130 Å². The number of nitrogens with zero attached hydrogens (tertiary/aromatic N) is 2. The van der Waals surface area contributed by atoms with Crippen LogP contribution in [0.5, 0.6) is 0 Å². The van der Waals surface area contributed by atoms with Crippen molar-refractivity contribution in [2.45, 2.75) is 45.4 Å². The summed E-state index contributed by atoms with van der Waals surface area (Å²) in [6.07, 6.45) is 6.89. The highest BCUT2D eigenvalue weighted by Crippen LogP contribution is 2.50. The Bertz CT molecular complexity index is 1320. The van der Waals surface area contributed by atoms with E-state index in [0.29, 0.717) is 0 Å². The van der Waals surface area contributed by atoms with E-state index in [9.17, 15) is 0 Å². The normalized spacial score (nSPS) is 19.9. The third kappa shape index (κ3) is 2.82. The lowest BCUT2D eigenvalue weighted by molar-refractivity contribution is -0.401. The minimum atomic E-state index is -0.0543. The van der Waals surface area contributed by atoms with Crippen LogP contribution in [0.2, 0.25) is 0 Å². The van der Waals surface area contributed by atoms with E-state index in [1.54, 1.807) is 0 Å². The van der Waals surface area contributed by atoms with Crippen LogP contribution in [0.25, 0.3) is 10.8 Å². The van der Waals surface area contributed by atoms with Gasteiger partial charge in [0.05, 0.1) is 5.41 Å². The van der Waals surface area contributed by atoms with Crippen LogP contribution in [0, 0.1) is 0 Å². The van der Waals surface area contributed by atoms with Crippen LogP contribution < -0.4 is 4.90 Å². The Morgan fingerprint density at radius 1 is 0.875 bits per heavy atom. The molecule has 32 heavy (non-hydrogen) atoms. The van der Waals surface area contributed by atoms with Crippen LogP contribution in [0.3, 0.4) is 0 Å². The number of hydrogen-bond acceptors (Lipinski definition) is 1. The average Bonchev–Trinajstić information content (AvgIpc) is 3.13. The van der Waals surface area contributed by atoms with Crippen molar-refractivity contribution < 1.29 is 4.58 Å². The number of likely N-dealkylation sites (N-methyl/N-ethyl adjacent to an activating group) is 1. The quantitative estimate of drug-likeness (QED) is 0.409. The molecule has 0 spiro atoms. The van der Waals surface area contributed by atoms with Gasteiger partial charge in [0.2, 0.25) is 5.69 Å². The molecule has 162 valence electrons. The molecule has 0 amide bonds. The summed E-state index contributed by atoms with van der Waals surface area (Å²) < 4.78 is 2.34. The molecule has 5 rings (SSSR count). The molecule has 0 N–H and O–H groups in total. The first-order valence-electron chi connectivity index (χ1n) is 11.7. The number of benzene rings is 3. The monoisotopic (exact) mass is 421 g/mol. The van der Waals surface area contributed by atoms with Gasteiger partial charge in [0.25, 0.3) is 0 Å². The molecule has 2 heterocycles. The molecule has 0 saturated heterocycles. The lowest BCUT2D eigenvalue weighted by Gasteiger charge is -2.26. The summed E-state index contributed by atoms with van der Waals surface area (Å²) in [6, 6.07) is 22.1. The average molecular weight is 422 g/mol. The van der Waals surface area contributed by atoms with Crippen molar-refractivity contribution in [2.24, 2.45) is 0 Å². The van der Waals surface area contributed by atoms with Gasteiger partial charge in [0, 0.05) is 41.1 Å². The molecule has 0 radical (unpaired) electrons. The zero-order valence-corrected chi connectivity index (χ0v) is 20.1. The highest BCUT2D eigenvalue weighted by molar-refractivity contribution is 6.03. The molecular weight excluding hydrogens is 388 g/mol. The number of allylic oxidation sites excluding steroid dienone is 4. The van der Waals surface area contributed by atoms with Crippen LogP contribution >= 0.6 is 0 Å². The lowest BCUT2D eigenvalue weighted by Crippen LogP contribution is -2.27. The van der Waals surface area contributed by atoms with E-state index in [0.717, 1.165) is 6.54 Å². The van der Waals surface area contributed by atoms with Gasteiger partial charge in [-0.15, -0.1) is 0 Å². The van der Waals surface area contributed by atoms with Crippen LogP contribution in [0.1, 0.15) is 45.7 Å². The Morgan fingerprint density at radius 2 is 1.59 bits per heavy atom. The second kappa shape index (κ2) is 7.20. The molecule has 0 saturated carbocycles. The summed E-state index contributed by atoms with van der Waals surface area (Å²) in [5, 5.41) is 2.68. The Labute approximate surface area is 192 Å². The first-order valence-corrected chi connectivity index (χ1v) is 11.7. The highest BCUT2D eigenvalue weighted by Gasteiger charge is 2.43. The highest BCUT2D eigenvalue weighted by atomic mass is 15.2. The molecule has 0 aliphatic carbocycles. The summed E-state index contributed by atoms with van der Waals surface area (Å²) >= 11 is 0. The van der Waals surface area contributed by atoms with Crippen molar-refractivity contribution in [3.05, 3.63) is 95.7 Å². The topological polar surface area (TPSA) is 6.25 Å². The molecule has 0 unspecified atom stereocenters. The van der Waals surface area contributed by atoms with Crippen LogP contribution in [-0.2, 0) is 10.8 Å². The number of fused-ring (bicyclic) bond motifs is 4. The number of hydrogen-bond donors (Lipinski definition) is 0. The first-order chi connectivity index (χ1) is 15.3. The molecule has 2 heteroatoms. The fourth-order valence-electron chi connectivity index (χ4n) is 5.91. The van der Waals surface area contributed by atoms with Crippen molar-refractivity contribution in [3.63, 3.8) is 0 Å². The molecule has 2 nitrogen and oxygen atoms in total. The molecular formula is C30H33N2+. The SMILES string of the molecule is CCN1/C(=C/C=C/C2=[N+](C)c3ccccc3C2(C)C)C(C)(C)c2c1ccc1ccccc21. The summed E-state index contributed by atoms with van der Waals surface area (Å²) in [5.74, 6) is 0. The maximum atomic E-state index is 2.48. The summed E-state index contributed by atoms with van der Waals surface area (Å²) in [5.41, 5.74) is 8.11. The summed E-state index contributed by atoms with van der Waals surface area (Å²) in [7, 11) is 2.18. The third-order valence-corrected chi connectivity index (χ3v) is 7.52. The van der Waals surface area contributed by atoms with Gasteiger partial charge >= 0.3 is 0 Å². The zero-order chi connectivity index (χ0) is 22.7. The van der Waals surface area contributed by atoms with Crippen LogP contribution in [0.4, 0.5) is 11.4 Å². The largest absolute Gasteiger partial charge is 0.344 e. The van der Waals surface area contributed by atoms with Crippen molar-refractivity contribution in [2.75, 3.05) is 18.5 Å². The van der Waals surface area contributed by atoms with Crippen molar-refractivity contribution in [1.82, 2.24) is 0 Å². The third-order valence-electron chi connectivity index (χ3n) is 7.52. The Balaban J connectivity index is 1.58. The Morgan fingerprint density at radius 3 is 2.34 bits per heavy atom. The summed E-state index contributed by atoms with van der Waals surface area (Å²) in [6.45, 7) is 12.6. The zero-order valence-electron chi connectivity index (χ0n) is 20.1. The number of anilines is 1. The number of para-hydroxylation sites is 1. The molecule has 0 bridgehead atoms. The second-order valence-corrected chi connectivity index (χ2v) is 10.0. The van der Waals surface area contributed by atoms with E-state index in [4.69, 9.17) is 0 Å². The second-order valence-electron chi connectivity index (χ2n) is 10.0. The predicted octanol–water partition coefficient (Wildman–Crippen LogP) is 7.10. The Kier molecular flexibility index (Phi) is 4.67. The predicted molar refractivity (Wildman–Crippen MR) is 138 cm³/mol. The molecule has 3 aromatic rings. The maximum absolute atomic E-state index is 2.48. The molecule has 0 fully saturated rings. The molecule has 3 aromatic carbocycles. The van der Waals surface area contributed by atoms with Crippen molar-refractivity contribution in [1.29, 1.82) is 0 Å². The van der Waals surface area contributed by atoms with Gasteiger partial charge in [0.15, 0.2) is 5.71 Å². The van der Waals surface area contributed by atoms with Gasteiger partial charge in [-0.25, -0.2) is 0 Å². The molecule has 0 aromatic heterocycles. The molecule has 0 atom stereocenters. The molecule has 2 aliphatic rings. The lowest BCUT2D eigenvalue weighted by atomic mass is 9.80. The van der Waals surface area contributed by atoms with E-state index >= 15 is 0 Å². The smallest absolute Gasteiger partial charge is 0.209 e. The van der Waals surface area contributed by atoms with Gasteiger partial charge < -0.3 is 4.90 Å². The van der Waals surface area contributed by atoms with Gasteiger partial charge in [-0.2, -0.15) is 4.58 Å². The van der Waals surface area contributed by atoms with E-state index in [1.807, 2.05) is 0 Å². The van der Waals surface area contributed by atoms with Gasteiger partial charge in [-0.3, -0.25) is 0 Å². The minimum absolute atomic E-state index is 0.00481. The van der Waals surface area contributed by atoms with Gasteiger partial charge in [0.1, 0.15) is 7.05 Å². The van der Waals surface area contributed by atoms with E-state index in [-0.39, 0.29) is 10.8 Å². The minimum Gasteiger partial charge on any atom is -0.344 e. The van der Waals surface area contributed by atoms with Crippen LogP contribution in [0.15, 0.2) is 84.6 Å². The van der Waals surface area contributed by atoms with E-state index in [1.165, 1.54) is 44.7 Å². The Hall–Kier alpha value is -3.13. The maximum Gasteiger partial charge on any atom is 0.209 e. The van der Waals surface area contributed by atoms with Gasteiger partial charge in [-0.1, -0.05) is 68.5 Å². The molecule has 2 aliphatic heterocycles. The van der Waals surface area contributed by atoms with Gasteiger partial charge in [-0.05, 0) is 49.2 Å². The fourth-order valence-corrected chi connectivity index (χ4v) is 5.91. The fraction of sp³-hybridized carbons (Fsp3) is 0.300. The summed E-state index contributed by atoms with van der Waals surface area (Å²) in [4.78, 5) is 2.48. The first kappa shape index (κ1) is 20.8. The van der Waals surface area contributed by atoms with Crippen molar-refractivity contribution >= 4 is 27.9 Å². The van der Waals surface area contributed by atoms with Crippen LogP contribution in [-0.4, -0.2) is 23.9 Å². The number of rotatable bonds is 3. The van der Waals surface area contributed by atoms with E-state index < -0.39 is 0 Å².